The molecule has 1 saturated heterocycles. The zero-order valence-electron chi connectivity index (χ0n) is 19.4. The molecule has 34 heavy (non-hydrogen) atoms. The topological polar surface area (TPSA) is 89.1 Å². The number of hydrogen-bond donors (Lipinski definition) is 2. The summed E-state index contributed by atoms with van der Waals surface area (Å²) in [7, 11) is 0. The quantitative estimate of drug-likeness (QED) is 0.652. The van der Waals surface area contributed by atoms with Crippen molar-refractivity contribution >= 4 is 23.5 Å². The lowest BCUT2D eigenvalue weighted by Crippen LogP contribution is -2.48. The van der Waals surface area contributed by atoms with E-state index in [4.69, 9.17) is 25.8 Å². The molecule has 2 aromatic rings. The zero-order valence-corrected chi connectivity index (χ0v) is 20.2. The number of carbonyl (C=O) groups excluding carboxylic acids is 2. The number of hydrogen-bond acceptors (Lipinski definition) is 5. The molecule has 2 aromatic carbocycles. The molecule has 2 aliphatic rings. The molecule has 0 aliphatic carbocycles. The molecule has 0 saturated carbocycles. The van der Waals surface area contributed by atoms with Crippen LogP contribution in [0, 0.1) is 0 Å². The molecule has 1 fully saturated rings. The lowest BCUT2D eigenvalue weighted by molar-refractivity contribution is -0.0586. The molecule has 2 atom stereocenters. The van der Waals surface area contributed by atoms with Gasteiger partial charge in [0.1, 0.15) is 13.2 Å². The van der Waals surface area contributed by atoms with Gasteiger partial charge in [-0.15, -0.1) is 0 Å². The molecule has 9 heteroatoms. The minimum absolute atomic E-state index is 0.00139. The second-order valence-corrected chi connectivity index (χ2v) is 9.03. The standard InChI is InChI=1S/C25H30ClN3O5/c1-16-14-29(15-17(2)34-16)24(30)20-5-3-18(4-6-20)13-28-25(31)27-8-7-19-11-21(26)23-22(12-19)32-9-10-33-23/h3-6,11-12,16-17H,7-10,13-15H2,1-2H3,(H2,27,28,31). The number of benzene rings is 2. The van der Waals surface area contributed by atoms with Crippen molar-refractivity contribution in [2.45, 2.75) is 39.0 Å². The molecule has 0 aromatic heterocycles. The van der Waals surface area contributed by atoms with Crippen LogP contribution in [-0.2, 0) is 17.7 Å². The third-order valence-corrected chi connectivity index (χ3v) is 6.00. The van der Waals surface area contributed by atoms with E-state index in [0.29, 0.717) is 67.9 Å². The van der Waals surface area contributed by atoms with Crippen molar-refractivity contribution in [2.75, 3.05) is 32.8 Å². The van der Waals surface area contributed by atoms with E-state index in [9.17, 15) is 9.59 Å². The van der Waals surface area contributed by atoms with Crippen molar-refractivity contribution in [3.63, 3.8) is 0 Å². The summed E-state index contributed by atoms with van der Waals surface area (Å²) in [5.41, 5.74) is 2.50. The normalized spacial score (nSPS) is 19.4. The maximum absolute atomic E-state index is 12.8. The van der Waals surface area contributed by atoms with E-state index in [2.05, 4.69) is 10.6 Å². The summed E-state index contributed by atoms with van der Waals surface area (Å²) in [4.78, 5) is 26.8. The van der Waals surface area contributed by atoms with Gasteiger partial charge in [0.2, 0.25) is 0 Å². The van der Waals surface area contributed by atoms with Gasteiger partial charge in [0.05, 0.1) is 17.2 Å². The summed E-state index contributed by atoms with van der Waals surface area (Å²) in [6, 6.07) is 10.8. The maximum atomic E-state index is 12.8. The van der Waals surface area contributed by atoms with E-state index in [1.807, 2.05) is 43.0 Å². The lowest BCUT2D eigenvalue weighted by atomic mass is 10.1. The predicted molar refractivity (Wildman–Crippen MR) is 129 cm³/mol. The van der Waals surface area contributed by atoms with Crippen LogP contribution in [0.4, 0.5) is 4.79 Å². The van der Waals surface area contributed by atoms with Crippen molar-refractivity contribution in [2.24, 2.45) is 0 Å². The molecule has 2 heterocycles. The molecule has 8 nitrogen and oxygen atoms in total. The highest BCUT2D eigenvalue weighted by molar-refractivity contribution is 6.32. The number of nitrogens with zero attached hydrogens (tertiary/aromatic N) is 1. The summed E-state index contributed by atoms with van der Waals surface area (Å²) in [6.45, 7) is 6.92. The van der Waals surface area contributed by atoms with E-state index in [1.54, 1.807) is 12.1 Å². The SMILES string of the molecule is CC1CN(C(=O)c2ccc(CNC(=O)NCCc3cc(Cl)c4c(c3)OCCO4)cc2)CC(C)O1. The third kappa shape index (κ3) is 6.12. The Morgan fingerprint density at radius 3 is 2.44 bits per heavy atom. The number of carbonyl (C=O) groups is 2. The molecule has 2 aliphatic heterocycles. The highest BCUT2D eigenvalue weighted by Crippen LogP contribution is 2.38. The molecule has 0 bridgehead atoms. The Bertz CT molecular complexity index is 1020. The summed E-state index contributed by atoms with van der Waals surface area (Å²) in [5.74, 6) is 1.21. The fraction of sp³-hybridized carbons (Fsp3) is 0.440. The summed E-state index contributed by atoms with van der Waals surface area (Å²) in [5, 5.41) is 6.19. The Hall–Kier alpha value is -2.97. The van der Waals surface area contributed by atoms with E-state index < -0.39 is 0 Å². The fourth-order valence-electron chi connectivity index (χ4n) is 4.17. The van der Waals surface area contributed by atoms with Gasteiger partial charge in [-0.05, 0) is 55.7 Å². The molecule has 0 spiro atoms. The van der Waals surface area contributed by atoms with Gasteiger partial charge < -0.3 is 29.7 Å². The fourth-order valence-corrected chi connectivity index (χ4v) is 4.45. The van der Waals surface area contributed by atoms with Gasteiger partial charge in [0.15, 0.2) is 11.5 Å². The molecule has 2 N–H and O–H groups in total. The molecule has 4 rings (SSSR count). The third-order valence-electron chi connectivity index (χ3n) is 5.72. The molecule has 182 valence electrons. The monoisotopic (exact) mass is 487 g/mol. The van der Waals surface area contributed by atoms with E-state index in [1.165, 1.54) is 0 Å². The zero-order chi connectivity index (χ0) is 24.1. The first kappa shape index (κ1) is 24.2. The van der Waals surface area contributed by atoms with E-state index in [0.717, 1.165) is 11.1 Å². The second kappa shape index (κ2) is 11.0. The average Bonchev–Trinajstić information content (AvgIpc) is 2.82. The van der Waals surface area contributed by atoms with Crippen LogP contribution in [0.1, 0.15) is 35.3 Å². The van der Waals surface area contributed by atoms with Crippen molar-refractivity contribution < 1.29 is 23.8 Å². The van der Waals surface area contributed by atoms with Gasteiger partial charge in [0, 0.05) is 31.7 Å². The number of halogens is 1. The van der Waals surface area contributed by atoms with Gasteiger partial charge in [-0.3, -0.25) is 4.79 Å². The van der Waals surface area contributed by atoms with Crippen LogP contribution in [0.15, 0.2) is 36.4 Å². The van der Waals surface area contributed by atoms with Gasteiger partial charge in [-0.1, -0.05) is 23.7 Å². The number of rotatable bonds is 6. The van der Waals surface area contributed by atoms with Crippen LogP contribution in [0.2, 0.25) is 5.02 Å². The van der Waals surface area contributed by atoms with E-state index >= 15 is 0 Å². The number of amides is 3. The van der Waals surface area contributed by atoms with E-state index in [-0.39, 0.29) is 24.1 Å². The minimum atomic E-state index is -0.264. The lowest BCUT2D eigenvalue weighted by Gasteiger charge is -2.35. The first-order chi connectivity index (χ1) is 16.4. The first-order valence-corrected chi connectivity index (χ1v) is 11.9. The minimum Gasteiger partial charge on any atom is -0.486 e. The number of ether oxygens (including phenoxy) is 3. The van der Waals surface area contributed by atoms with Gasteiger partial charge in [-0.25, -0.2) is 4.79 Å². The van der Waals surface area contributed by atoms with Crippen LogP contribution in [0.3, 0.4) is 0 Å². The molecular formula is C25H30ClN3O5. The van der Waals surface area contributed by atoms with Crippen molar-refractivity contribution in [1.29, 1.82) is 0 Å². The summed E-state index contributed by atoms with van der Waals surface area (Å²) in [6.07, 6.45) is 0.668. The van der Waals surface area contributed by atoms with Gasteiger partial charge >= 0.3 is 6.03 Å². The van der Waals surface area contributed by atoms with Crippen LogP contribution in [0.25, 0.3) is 0 Å². The van der Waals surface area contributed by atoms with Crippen molar-refractivity contribution in [1.82, 2.24) is 15.5 Å². The first-order valence-electron chi connectivity index (χ1n) is 11.5. The molecule has 2 unspecified atom stereocenters. The largest absolute Gasteiger partial charge is 0.486 e. The molecule has 3 amide bonds. The Morgan fingerprint density at radius 2 is 1.71 bits per heavy atom. The van der Waals surface area contributed by atoms with Crippen LogP contribution >= 0.6 is 11.6 Å². The predicted octanol–water partition coefficient (Wildman–Crippen LogP) is 3.40. The van der Waals surface area contributed by atoms with Gasteiger partial charge in [0.25, 0.3) is 5.91 Å². The summed E-state index contributed by atoms with van der Waals surface area (Å²) >= 11 is 6.26. The van der Waals surface area contributed by atoms with Crippen LogP contribution in [-0.4, -0.2) is 61.9 Å². The Labute approximate surface area is 204 Å². The highest BCUT2D eigenvalue weighted by atomic mass is 35.5. The Kier molecular flexibility index (Phi) is 7.80. The number of fused-ring (bicyclic) bond motifs is 1. The number of nitrogens with one attached hydrogen (secondary N) is 2. The van der Waals surface area contributed by atoms with Gasteiger partial charge in [-0.2, -0.15) is 0 Å². The highest BCUT2D eigenvalue weighted by Gasteiger charge is 2.26. The number of urea groups is 1. The van der Waals surface area contributed by atoms with Crippen LogP contribution in [0.5, 0.6) is 11.5 Å². The van der Waals surface area contributed by atoms with Crippen LogP contribution < -0.4 is 20.1 Å². The molecular weight excluding hydrogens is 458 g/mol. The average molecular weight is 488 g/mol. The second-order valence-electron chi connectivity index (χ2n) is 8.63. The molecule has 0 radical (unpaired) electrons. The Balaban J connectivity index is 1.21. The smallest absolute Gasteiger partial charge is 0.315 e. The van der Waals surface area contributed by atoms with Crippen molar-refractivity contribution in [3.05, 3.63) is 58.1 Å². The number of morpholine rings is 1. The van der Waals surface area contributed by atoms with Crippen molar-refractivity contribution in [3.8, 4) is 11.5 Å². The summed E-state index contributed by atoms with van der Waals surface area (Å²) < 4.78 is 16.8. The maximum Gasteiger partial charge on any atom is 0.315 e. The Morgan fingerprint density at radius 1 is 1.00 bits per heavy atom.